The normalized spacial score (nSPS) is 30.8. The maximum absolute atomic E-state index is 13.0. The molecule has 6 heteroatoms. The number of hydrogen-bond donors (Lipinski definition) is 1. The largest absolute Gasteiger partial charge is 0.476 e. The Balaban J connectivity index is 1.29. The van der Waals surface area contributed by atoms with Crippen LogP contribution in [0.15, 0.2) is 24.3 Å². The van der Waals surface area contributed by atoms with Gasteiger partial charge in [-0.3, -0.25) is 4.79 Å². The van der Waals surface area contributed by atoms with Crippen molar-refractivity contribution in [1.29, 1.82) is 0 Å². The van der Waals surface area contributed by atoms with Crippen LogP contribution < -0.4 is 10.1 Å². The molecule has 0 heterocycles. The van der Waals surface area contributed by atoms with Crippen LogP contribution >= 0.6 is 0 Å². The molecule has 0 unspecified atom stereocenters. The van der Waals surface area contributed by atoms with Crippen LogP contribution in [0, 0.1) is 23.6 Å². The van der Waals surface area contributed by atoms with Crippen molar-refractivity contribution >= 4 is 11.9 Å². The van der Waals surface area contributed by atoms with Crippen molar-refractivity contribution < 1.29 is 23.5 Å². The van der Waals surface area contributed by atoms with Gasteiger partial charge >= 0.3 is 5.97 Å². The summed E-state index contributed by atoms with van der Waals surface area (Å²) in [5.41, 5.74) is -1.38. The van der Waals surface area contributed by atoms with Gasteiger partial charge in [-0.15, -0.1) is 0 Å². The zero-order chi connectivity index (χ0) is 19.9. The predicted molar refractivity (Wildman–Crippen MR) is 101 cm³/mol. The molecule has 4 bridgehead atoms. The molecule has 1 aromatic carbocycles. The number of hydrogen-bond acceptors (Lipinski definition) is 4. The summed E-state index contributed by atoms with van der Waals surface area (Å²) in [6, 6.07) is 5.42. The fourth-order valence-corrected chi connectivity index (χ4v) is 5.74. The Labute approximate surface area is 165 Å². The second-order valence-electron chi connectivity index (χ2n) is 9.39. The summed E-state index contributed by atoms with van der Waals surface area (Å²) in [5.74, 6) is 1.31. The SMILES string of the molecule is CC(C)(Oc1ccc(F)cc1)C(=O)OCC(=O)NC12CC3CC(CC(C3)C1)C2. The van der Waals surface area contributed by atoms with Crippen molar-refractivity contribution in [2.75, 3.05) is 6.61 Å². The second kappa shape index (κ2) is 7.05. The first-order chi connectivity index (χ1) is 13.2. The van der Waals surface area contributed by atoms with Crippen LogP contribution in [0.2, 0.25) is 0 Å². The van der Waals surface area contributed by atoms with E-state index in [0.29, 0.717) is 5.75 Å². The topological polar surface area (TPSA) is 64.6 Å². The van der Waals surface area contributed by atoms with E-state index in [1.807, 2.05) is 0 Å². The molecular weight excluding hydrogens is 361 g/mol. The van der Waals surface area contributed by atoms with E-state index < -0.39 is 11.6 Å². The minimum atomic E-state index is -1.28. The van der Waals surface area contributed by atoms with Crippen molar-refractivity contribution in [3.05, 3.63) is 30.1 Å². The molecule has 5 nitrogen and oxygen atoms in total. The molecule has 5 rings (SSSR count). The summed E-state index contributed by atoms with van der Waals surface area (Å²) < 4.78 is 23.8. The van der Waals surface area contributed by atoms with Crippen molar-refractivity contribution in [3.8, 4) is 5.75 Å². The van der Waals surface area contributed by atoms with Gasteiger partial charge in [-0.2, -0.15) is 0 Å². The highest BCUT2D eigenvalue weighted by Crippen LogP contribution is 2.55. The van der Waals surface area contributed by atoms with Crippen LogP contribution in [0.25, 0.3) is 0 Å². The van der Waals surface area contributed by atoms with Gasteiger partial charge in [-0.25, -0.2) is 9.18 Å². The standard InChI is InChI=1S/C22H28FNO4/c1-21(2,28-18-5-3-17(23)4-6-18)20(26)27-13-19(25)24-22-10-14-7-15(11-22)9-16(8-14)12-22/h3-6,14-16H,7-13H2,1-2H3,(H,24,25). The van der Waals surface area contributed by atoms with Gasteiger partial charge in [0.25, 0.3) is 5.91 Å². The minimum Gasteiger partial charge on any atom is -0.476 e. The maximum Gasteiger partial charge on any atom is 0.350 e. The summed E-state index contributed by atoms with van der Waals surface area (Å²) in [6.45, 7) is 2.82. The Morgan fingerprint density at radius 2 is 1.61 bits per heavy atom. The lowest BCUT2D eigenvalue weighted by atomic mass is 9.53. The number of esters is 1. The zero-order valence-corrected chi connectivity index (χ0v) is 16.5. The van der Waals surface area contributed by atoms with Crippen LogP contribution in [0.1, 0.15) is 52.4 Å². The molecule has 0 saturated heterocycles. The first kappa shape index (κ1) is 19.2. The minimum absolute atomic E-state index is 0.0988. The number of benzene rings is 1. The molecule has 28 heavy (non-hydrogen) atoms. The number of nitrogens with one attached hydrogen (secondary N) is 1. The highest BCUT2D eigenvalue weighted by atomic mass is 19.1. The number of amides is 1. The smallest absolute Gasteiger partial charge is 0.350 e. The number of rotatable bonds is 6. The fraction of sp³-hybridized carbons (Fsp3) is 0.636. The summed E-state index contributed by atoms with van der Waals surface area (Å²) in [7, 11) is 0. The van der Waals surface area contributed by atoms with Gasteiger partial charge in [0, 0.05) is 5.54 Å². The summed E-state index contributed by atoms with van der Waals surface area (Å²) >= 11 is 0. The molecule has 4 fully saturated rings. The van der Waals surface area contributed by atoms with Crippen LogP contribution in [0.5, 0.6) is 5.75 Å². The van der Waals surface area contributed by atoms with Gasteiger partial charge in [0.1, 0.15) is 11.6 Å². The van der Waals surface area contributed by atoms with E-state index in [2.05, 4.69) is 5.32 Å². The Bertz CT molecular complexity index is 723. The van der Waals surface area contributed by atoms with Gasteiger partial charge in [-0.1, -0.05) is 0 Å². The Morgan fingerprint density at radius 1 is 1.07 bits per heavy atom. The summed E-state index contributed by atoms with van der Waals surface area (Å²) in [4.78, 5) is 24.9. The third kappa shape index (κ3) is 4.01. The Kier molecular flexibility index (Phi) is 4.84. The number of carbonyl (C=O) groups is 2. The molecule has 4 aliphatic carbocycles. The first-order valence-electron chi connectivity index (χ1n) is 10.2. The molecule has 0 atom stereocenters. The van der Waals surface area contributed by atoms with Gasteiger partial charge in [-0.05, 0) is 94.4 Å². The molecular formula is C22H28FNO4. The van der Waals surface area contributed by atoms with E-state index in [1.165, 1.54) is 43.5 Å². The van der Waals surface area contributed by atoms with Crippen molar-refractivity contribution in [2.45, 2.75) is 63.5 Å². The zero-order valence-electron chi connectivity index (χ0n) is 16.5. The molecule has 0 aromatic heterocycles. The average Bonchev–Trinajstić information content (AvgIpc) is 2.60. The molecule has 1 amide bonds. The van der Waals surface area contributed by atoms with Crippen molar-refractivity contribution in [3.63, 3.8) is 0 Å². The summed E-state index contributed by atoms with van der Waals surface area (Å²) in [5, 5.41) is 3.19. The third-order valence-electron chi connectivity index (χ3n) is 6.46. The van der Waals surface area contributed by atoms with Crippen LogP contribution in [-0.4, -0.2) is 29.6 Å². The number of carbonyl (C=O) groups excluding carboxylic acids is 2. The van der Waals surface area contributed by atoms with E-state index in [0.717, 1.165) is 37.0 Å². The van der Waals surface area contributed by atoms with Crippen LogP contribution in [-0.2, 0) is 14.3 Å². The molecule has 152 valence electrons. The molecule has 0 radical (unpaired) electrons. The highest BCUT2D eigenvalue weighted by molar-refractivity contribution is 5.84. The van der Waals surface area contributed by atoms with Crippen LogP contribution in [0.3, 0.4) is 0 Å². The third-order valence-corrected chi connectivity index (χ3v) is 6.46. The van der Waals surface area contributed by atoms with E-state index in [9.17, 15) is 14.0 Å². The predicted octanol–water partition coefficient (Wildman–Crippen LogP) is 3.61. The summed E-state index contributed by atoms with van der Waals surface area (Å²) in [6.07, 6.45) is 7.07. The first-order valence-corrected chi connectivity index (χ1v) is 10.2. The molecule has 4 aliphatic rings. The lowest BCUT2D eigenvalue weighted by molar-refractivity contribution is -0.162. The monoisotopic (exact) mass is 389 g/mol. The molecule has 1 N–H and O–H groups in total. The van der Waals surface area contributed by atoms with E-state index in [1.54, 1.807) is 13.8 Å². The lowest BCUT2D eigenvalue weighted by Crippen LogP contribution is -2.60. The van der Waals surface area contributed by atoms with Gasteiger partial charge in [0.2, 0.25) is 0 Å². The van der Waals surface area contributed by atoms with E-state index in [-0.39, 0.29) is 23.9 Å². The van der Waals surface area contributed by atoms with Gasteiger partial charge < -0.3 is 14.8 Å². The van der Waals surface area contributed by atoms with E-state index in [4.69, 9.17) is 9.47 Å². The van der Waals surface area contributed by atoms with Gasteiger partial charge in [0.15, 0.2) is 12.2 Å². The molecule has 0 spiro atoms. The fourth-order valence-electron chi connectivity index (χ4n) is 5.74. The number of ether oxygens (including phenoxy) is 2. The maximum atomic E-state index is 13.0. The van der Waals surface area contributed by atoms with Crippen molar-refractivity contribution in [2.24, 2.45) is 17.8 Å². The molecule has 0 aliphatic heterocycles. The molecule has 4 saturated carbocycles. The second-order valence-corrected chi connectivity index (χ2v) is 9.39. The van der Waals surface area contributed by atoms with Gasteiger partial charge in [0.05, 0.1) is 0 Å². The Hall–Kier alpha value is -2.11. The highest BCUT2D eigenvalue weighted by Gasteiger charge is 2.51. The quantitative estimate of drug-likeness (QED) is 0.755. The lowest BCUT2D eigenvalue weighted by Gasteiger charge is -2.56. The van der Waals surface area contributed by atoms with E-state index >= 15 is 0 Å². The number of halogens is 1. The average molecular weight is 389 g/mol. The van der Waals surface area contributed by atoms with Crippen LogP contribution in [0.4, 0.5) is 4.39 Å². The Morgan fingerprint density at radius 3 is 2.14 bits per heavy atom. The van der Waals surface area contributed by atoms with Crippen molar-refractivity contribution in [1.82, 2.24) is 5.32 Å². The molecule has 1 aromatic rings.